The fraction of sp³-hybridized carbons (Fsp3) is 0.571. The van der Waals surface area contributed by atoms with Crippen molar-refractivity contribution in [1.29, 1.82) is 0 Å². The third kappa shape index (κ3) is 2.73. The standard InChI is InChI=1S/C14H20N4O3S/c1-4-18-7-9(2)13(8-18)17-22(19,20)11-5-12-10(3)16-21-14(12)15-6-11/h5-6,9,13,17H,4,7-8H2,1-3H3/t9-,13-/m1/s1. The fourth-order valence-electron chi connectivity index (χ4n) is 2.82. The van der Waals surface area contributed by atoms with E-state index in [0.717, 1.165) is 19.6 Å². The maximum Gasteiger partial charge on any atom is 0.257 e. The van der Waals surface area contributed by atoms with Gasteiger partial charge in [0.15, 0.2) is 0 Å². The van der Waals surface area contributed by atoms with Gasteiger partial charge in [-0.25, -0.2) is 18.1 Å². The van der Waals surface area contributed by atoms with E-state index in [1.165, 1.54) is 6.20 Å². The molecule has 120 valence electrons. The number of hydrogen-bond donors (Lipinski definition) is 1. The highest BCUT2D eigenvalue weighted by atomic mass is 32.2. The minimum Gasteiger partial charge on any atom is -0.336 e. The number of nitrogens with zero attached hydrogens (tertiary/aromatic N) is 3. The van der Waals surface area contributed by atoms with Crippen LogP contribution in [0.5, 0.6) is 0 Å². The normalized spacial score (nSPS) is 23.4. The van der Waals surface area contributed by atoms with E-state index in [4.69, 9.17) is 4.52 Å². The Morgan fingerprint density at radius 2 is 2.23 bits per heavy atom. The predicted molar refractivity (Wildman–Crippen MR) is 81.9 cm³/mol. The third-order valence-electron chi connectivity index (χ3n) is 4.24. The Labute approximate surface area is 129 Å². The Kier molecular flexibility index (Phi) is 3.92. The summed E-state index contributed by atoms with van der Waals surface area (Å²) in [6.07, 6.45) is 1.31. The zero-order chi connectivity index (χ0) is 15.9. The van der Waals surface area contributed by atoms with Crippen LogP contribution in [-0.4, -0.2) is 49.1 Å². The van der Waals surface area contributed by atoms with Gasteiger partial charge < -0.3 is 9.42 Å². The summed E-state index contributed by atoms with van der Waals surface area (Å²) < 4.78 is 33.0. The second kappa shape index (κ2) is 5.60. The summed E-state index contributed by atoms with van der Waals surface area (Å²) >= 11 is 0. The number of aryl methyl sites for hydroxylation is 1. The average Bonchev–Trinajstić information content (AvgIpc) is 3.02. The monoisotopic (exact) mass is 324 g/mol. The first-order valence-corrected chi connectivity index (χ1v) is 8.85. The van der Waals surface area contributed by atoms with Crippen molar-refractivity contribution >= 4 is 21.1 Å². The van der Waals surface area contributed by atoms with Gasteiger partial charge in [-0.05, 0) is 25.5 Å². The quantitative estimate of drug-likeness (QED) is 0.907. The van der Waals surface area contributed by atoms with Crippen LogP contribution in [0.2, 0.25) is 0 Å². The molecule has 1 saturated heterocycles. The highest BCUT2D eigenvalue weighted by Gasteiger charge is 2.32. The number of sulfonamides is 1. The minimum absolute atomic E-state index is 0.0794. The molecule has 1 aliphatic rings. The van der Waals surface area contributed by atoms with Crippen LogP contribution in [0, 0.1) is 12.8 Å². The molecule has 8 heteroatoms. The van der Waals surface area contributed by atoms with Gasteiger partial charge in [-0.2, -0.15) is 0 Å². The van der Waals surface area contributed by atoms with Crippen molar-refractivity contribution in [3.63, 3.8) is 0 Å². The third-order valence-corrected chi connectivity index (χ3v) is 5.69. The number of aromatic nitrogens is 2. The van der Waals surface area contributed by atoms with Crippen LogP contribution < -0.4 is 4.72 Å². The highest BCUT2D eigenvalue weighted by Crippen LogP contribution is 2.22. The van der Waals surface area contributed by atoms with Gasteiger partial charge in [0.05, 0.1) is 17.3 Å². The summed E-state index contributed by atoms with van der Waals surface area (Å²) in [7, 11) is -3.60. The van der Waals surface area contributed by atoms with E-state index in [1.54, 1.807) is 13.0 Å². The van der Waals surface area contributed by atoms with Crippen LogP contribution in [0.15, 0.2) is 21.7 Å². The van der Waals surface area contributed by atoms with Crippen LogP contribution in [0.1, 0.15) is 19.5 Å². The van der Waals surface area contributed by atoms with Crippen LogP contribution in [0.3, 0.4) is 0 Å². The van der Waals surface area contributed by atoms with Crippen LogP contribution >= 0.6 is 0 Å². The molecule has 1 fully saturated rings. The molecule has 0 amide bonds. The van der Waals surface area contributed by atoms with Crippen LogP contribution in [-0.2, 0) is 10.0 Å². The number of likely N-dealkylation sites (N-methyl/N-ethyl adjacent to an activating group) is 1. The topological polar surface area (TPSA) is 88.3 Å². The fourth-order valence-corrected chi connectivity index (χ4v) is 4.12. The summed E-state index contributed by atoms with van der Waals surface area (Å²) in [6.45, 7) is 8.47. The first-order chi connectivity index (χ1) is 10.4. The first-order valence-electron chi connectivity index (χ1n) is 7.37. The number of fused-ring (bicyclic) bond motifs is 1. The predicted octanol–water partition coefficient (Wildman–Crippen LogP) is 1.15. The van der Waals surface area contributed by atoms with Gasteiger partial charge in [-0.3, -0.25) is 0 Å². The molecule has 2 aromatic heterocycles. The zero-order valence-electron chi connectivity index (χ0n) is 12.9. The molecule has 1 N–H and O–H groups in total. The molecule has 3 rings (SSSR count). The van der Waals surface area contributed by atoms with E-state index < -0.39 is 10.0 Å². The van der Waals surface area contributed by atoms with Crippen molar-refractivity contribution in [1.82, 2.24) is 19.8 Å². The van der Waals surface area contributed by atoms with Crippen molar-refractivity contribution in [2.24, 2.45) is 5.92 Å². The number of nitrogens with one attached hydrogen (secondary N) is 1. The SMILES string of the molecule is CCN1C[C@@H](C)[C@H](NS(=O)(=O)c2cnc3onc(C)c3c2)C1. The lowest BCUT2D eigenvalue weighted by molar-refractivity contribution is 0.344. The van der Waals surface area contributed by atoms with Gasteiger partial charge in [-0.15, -0.1) is 0 Å². The zero-order valence-corrected chi connectivity index (χ0v) is 13.7. The molecule has 1 aliphatic heterocycles. The number of hydrogen-bond acceptors (Lipinski definition) is 6. The minimum atomic E-state index is -3.60. The molecule has 0 bridgehead atoms. The Morgan fingerprint density at radius 1 is 1.45 bits per heavy atom. The molecule has 3 heterocycles. The van der Waals surface area contributed by atoms with E-state index in [0.29, 0.717) is 16.8 Å². The molecule has 2 aromatic rings. The number of likely N-dealkylation sites (tertiary alicyclic amines) is 1. The van der Waals surface area contributed by atoms with Gasteiger partial charge in [0.25, 0.3) is 5.71 Å². The molecule has 7 nitrogen and oxygen atoms in total. The van der Waals surface area contributed by atoms with E-state index >= 15 is 0 Å². The molecular formula is C14H20N4O3S. The van der Waals surface area contributed by atoms with E-state index in [1.807, 2.05) is 0 Å². The van der Waals surface area contributed by atoms with Crippen molar-refractivity contribution in [2.75, 3.05) is 19.6 Å². The maximum absolute atomic E-state index is 12.6. The van der Waals surface area contributed by atoms with Crippen molar-refractivity contribution in [3.8, 4) is 0 Å². The highest BCUT2D eigenvalue weighted by molar-refractivity contribution is 7.89. The molecule has 0 radical (unpaired) electrons. The molecular weight excluding hydrogens is 304 g/mol. The number of rotatable bonds is 4. The van der Waals surface area contributed by atoms with Gasteiger partial charge in [0.2, 0.25) is 10.0 Å². The van der Waals surface area contributed by atoms with E-state index in [9.17, 15) is 8.42 Å². The molecule has 0 aromatic carbocycles. The largest absolute Gasteiger partial charge is 0.336 e. The van der Waals surface area contributed by atoms with Crippen molar-refractivity contribution in [3.05, 3.63) is 18.0 Å². The Morgan fingerprint density at radius 3 is 2.91 bits per heavy atom. The van der Waals surface area contributed by atoms with Crippen LogP contribution in [0.4, 0.5) is 0 Å². The van der Waals surface area contributed by atoms with E-state index in [-0.39, 0.29) is 16.9 Å². The van der Waals surface area contributed by atoms with E-state index in [2.05, 4.69) is 33.6 Å². The van der Waals surface area contributed by atoms with Gasteiger partial charge >= 0.3 is 0 Å². The second-order valence-corrected chi connectivity index (χ2v) is 7.56. The molecule has 0 saturated carbocycles. The smallest absolute Gasteiger partial charge is 0.257 e. The Balaban J connectivity index is 1.86. The Hall–Kier alpha value is -1.51. The Bertz CT molecular complexity index is 786. The lowest BCUT2D eigenvalue weighted by atomic mass is 10.1. The summed E-state index contributed by atoms with van der Waals surface area (Å²) in [6, 6.07) is 1.48. The van der Waals surface area contributed by atoms with Crippen LogP contribution in [0.25, 0.3) is 11.1 Å². The van der Waals surface area contributed by atoms with Gasteiger partial charge in [0, 0.05) is 19.1 Å². The number of pyridine rings is 1. The summed E-state index contributed by atoms with van der Waals surface area (Å²) in [5.41, 5.74) is 0.980. The van der Waals surface area contributed by atoms with Gasteiger partial charge in [-0.1, -0.05) is 19.0 Å². The van der Waals surface area contributed by atoms with Crippen molar-refractivity contribution in [2.45, 2.75) is 31.7 Å². The lowest BCUT2D eigenvalue weighted by Crippen LogP contribution is -2.39. The molecule has 2 atom stereocenters. The molecule has 0 spiro atoms. The van der Waals surface area contributed by atoms with Crippen molar-refractivity contribution < 1.29 is 12.9 Å². The first kappa shape index (κ1) is 15.4. The summed E-state index contributed by atoms with van der Waals surface area (Å²) in [5, 5.41) is 4.42. The molecule has 22 heavy (non-hydrogen) atoms. The summed E-state index contributed by atoms with van der Waals surface area (Å²) in [4.78, 5) is 6.42. The molecule has 0 aliphatic carbocycles. The molecule has 0 unspecified atom stereocenters. The van der Waals surface area contributed by atoms with Gasteiger partial charge in [0.1, 0.15) is 4.90 Å². The summed E-state index contributed by atoms with van der Waals surface area (Å²) in [5.74, 6) is 0.281. The lowest BCUT2D eigenvalue weighted by Gasteiger charge is -2.16. The maximum atomic E-state index is 12.6. The average molecular weight is 324 g/mol. The second-order valence-electron chi connectivity index (χ2n) is 5.85.